The first-order chi connectivity index (χ1) is 7.16. The normalized spacial score (nSPS) is 30.1. The Labute approximate surface area is 90.9 Å². The minimum atomic E-state index is -0.684. The van der Waals surface area contributed by atoms with Gasteiger partial charge in [-0.25, -0.2) is 0 Å². The van der Waals surface area contributed by atoms with Gasteiger partial charge in [0.05, 0.1) is 0 Å². The summed E-state index contributed by atoms with van der Waals surface area (Å²) in [5.74, 6) is 0.152. The van der Waals surface area contributed by atoms with Crippen molar-refractivity contribution in [1.82, 2.24) is 9.80 Å². The van der Waals surface area contributed by atoms with Gasteiger partial charge in [0.1, 0.15) is 6.04 Å². The lowest BCUT2D eigenvalue weighted by atomic mass is 9.85. The van der Waals surface area contributed by atoms with Crippen molar-refractivity contribution in [1.29, 1.82) is 0 Å². The number of nitrogens with zero attached hydrogens (tertiary/aromatic N) is 2. The fourth-order valence-corrected chi connectivity index (χ4v) is 2.40. The molecule has 2 aliphatic rings. The number of hydrogen-bond acceptors (Lipinski definition) is 3. The number of piperazine rings is 1. The molecule has 0 aromatic carbocycles. The number of likely N-dealkylation sites (N-methyl/N-ethyl adjacent to an activating group) is 1. The molecule has 2 rings (SSSR count). The van der Waals surface area contributed by atoms with Crippen molar-refractivity contribution >= 4 is 5.97 Å². The molecule has 1 unspecified atom stereocenters. The lowest BCUT2D eigenvalue weighted by molar-refractivity contribution is -0.145. The van der Waals surface area contributed by atoms with E-state index in [0.717, 1.165) is 25.6 Å². The van der Waals surface area contributed by atoms with Crippen LogP contribution in [0.5, 0.6) is 0 Å². The molecule has 0 aromatic heterocycles. The van der Waals surface area contributed by atoms with Crippen molar-refractivity contribution < 1.29 is 9.90 Å². The first-order valence-electron chi connectivity index (χ1n) is 5.82. The van der Waals surface area contributed by atoms with Gasteiger partial charge in [-0.15, -0.1) is 0 Å². The zero-order valence-corrected chi connectivity index (χ0v) is 9.35. The second kappa shape index (κ2) is 4.49. The minimum absolute atomic E-state index is 0.307. The van der Waals surface area contributed by atoms with Gasteiger partial charge in [-0.3, -0.25) is 14.6 Å². The predicted molar refractivity (Wildman–Crippen MR) is 57.8 cm³/mol. The summed E-state index contributed by atoms with van der Waals surface area (Å²) >= 11 is 0. The second-order valence-corrected chi connectivity index (χ2v) is 4.89. The van der Waals surface area contributed by atoms with Crippen molar-refractivity contribution in [3.63, 3.8) is 0 Å². The average Bonchev–Trinajstić information content (AvgIpc) is 2.13. The molecule has 1 saturated carbocycles. The Morgan fingerprint density at radius 1 is 1.40 bits per heavy atom. The smallest absolute Gasteiger partial charge is 0.322 e. The molecule has 0 spiro atoms. The SMILES string of the molecule is CN1CCN(CC2CCC2)CC1C(=O)O. The van der Waals surface area contributed by atoms with E-state index in [2.05, 4.69) is 4.90 Å². The van der Waals surface area contributed by atoms with Crippen LogP contribution in [0.4, 0.5) is 0 Å². The van der Waals surface area contributed by atoms with E-state index in [1.165, 1.54) is 19.3 Å². The van der Waals surface area contributed by atoms with Crippen LogP contribution in [0.2, 0.25) is 0 Å². The van der Waals surface area contributed by atoms with E-state index in [1.54, 1.807) is 0 Å². The highest BCUT2D eigenvalue weighted by Gasteiger charge is 2.31. The molecule has 1 heterocycles. The summed E-state index contributed by atoms with van der Waals surface area (Å²) in [6.45, 7) is 3.71. The topological polar surface area (TPSA) is 43.8 Å². The standard InChI is InChI=1S/C11H20N2O2/c1-12-5-6-13(7-9-3-2-4-9)8-10(12)11(14)15/h9-10H,2-8H2,1H3,(H,14,15). The zero-order chi connectivity index (χ0) is 10.8. The molecule has 0 aromatic rings. The summed E-state index contributed by atoms with van der Waals surface area (Å²) in [5.41, 5.74) is 0. The van der Waals surface area contributed by atoms with Gasteiger partial charge in [0.25, 0.3) is 0 Å². The highest BCUT2D eigenvalue weighted by Crippen LogP contribution is 2.27. The predicted octanol–water partition coefficient (Wildman–Crippen LogP) is 0.487. The van der Waals surface area contributed by atoms with Crippen LogP contribution in [-0.4, -0.2) is 60.1 Å². The Morgan fingerprint density at radius 3 is 2.67 bits per heavy atom. The molecule has 2 fully saturated rings. The molecule has 86 valence electrons. The Morgan fingerprint density at radius 2 is 2.13 bits per heavy atom. The van der Waals surface area contributed by atoms with Crippen LogP contribution < -0.4 is 0 Å². The number of rotatable bonds is 3. The lowest BCUT2D eigenvalue weighted by Crippen LogP contribution is -2.55. The van der Waals surface area contributed by atoms with Gasteiger partial charge in [0.15, 0.2) is 0 Å². The molecule has 0 radical (unpaired) electrons. The zero-order valence-electron chi connectivity index (χ0n) is 9.35. The summed E-state index contributed by atoms with van der Waals surface area (Å²) in [6.07, 6.45) is 4.04. The van der Waals surface area contributed by atoms with Crippen LogP contribution in [0.1, 0.15) is 19.3 Å². The molecule has 15 heavy (non-hydrogen) atoms. The Balaban J connectivity index is 1.84. The Bertz CT molecular complexity index is 241. The van der Waals surface area contributed by atoms with Crippen molar-refractivity contribution in [3.8, 4) is 0 Å². The van der Waals surface area contributed by atoms with E-state index in [-0.39, 0.29) is 6.04 Å². The summed E-state index contributed by atoms with van der Waals surface area (Å²) < 4.78 is 0. The minimum Gasteiger partial charge on any atom is -0.480 e. The molecule has 1 atom stereocenters. The lowest BCUT2D eigenvalue weighted by Gasteiger charge is -2.40. The third-order valence-electron chi connectivity index (χ3n) is 3.76. The average molecular weight is 212 g/mol. The Kier molecular flexibility index (Phi) is 3.26. The van der Waals surface area contributed by atoms with Gasteiger partial charge in [-0.05, 0) is 25.8 Å². The van der Waals surface area contributed by atoms with Gasteiger partial charge >= 0.3 is 5.97 Å². The third kappa shape index (κ3) is 2.49. The molecular formula is C11H20N2O2. The molecule has 1 saturated heterocycles. The maximum atomic E-state index is 11.0. The molecule has 4 nitrogen and oxygen atoms in total. The third-order valence-corrected chi connectivity index (χ3v) is 3.76. The molecular weight excluding hydrogens is 192 g/mol. The van der Waals surface area contributed by atoms with Crippen LogP contribution in [0, 0.1) is 5.92 Å². The maximum absolute atomic E-state index is 11.0. The summed E-state index contributed by atoms with van der Waals surface area (Å²) in [5, 5.41) is 9.06. The molecule has 1 N–H and O–H groups in total. The number of aliphatic carboxylic acids is 1. The van der Waals surface area contributed by atoms with Crippen molar-refractivity contribution in [2.24, 2.45) is 5.92 Å². The van der Waals surface area contributed by atoms with Gasteiger partial charge in [0, 0.05) is 26.2 Å². The van der Waals surface area contributed by atoms with Crippen LogP contribution in [0.25, 0.3) is 0 Å². The van der Waals surface area contributed by atoms with Crippen LogP contribution >= 0.6 is 0 Å². The van der Waals surface area contributed by atoms with Gasteiger partial charge in [0.2, 0.25) is 0 Å². The largest absolute Gasteiger partial charge is 0.480 e. The van der Waals surface area contributed by atoms with E-state index in [1.807, 2.05) is 11.9 Å². The van der Waals surface area contributed by atoms with Crippen LogP contribution in [0.15, 0.2) is 0 Å². The second-order valence-electron chi connectivity index (χ2n) is 4.89. The summed E-state index contributed by atoms with van der Waals surface area (Å²) in [6, 6.07) is -0.307. The first-order valence-corrected chi connectivity index (χ1v) is 5.82. The van der Waals surface area contributed by atoms with Crippen molar-refractivity contribution in [2.45, 2.75) is 25.3 Å². The first kappa shape index (κ1) is 10.9. The Hall–Kier alpha value is -0.610. The highest BCUT2D eigenvalue weighted by atomic mass is 16.4. The molecule has 0 bridgehead atoms. The number of hydrogen-bond donors (Lipinski definition) is 1. The fraction of sp³-hybridized carbons (Fsp3) is 0.909. The van der Waals surface area contributed by atoms with E-state index in [0.29, 0.717) is 6.54 Å². The fourth-order valence-electron chi connectivity index (χ4n) is 2.40. The van der Waals surface area contributed by atoms with Crippen LogP contribution in [0.3, 0.4) is 0 Å². The molecule has 4 heteroatoms. The van der Waals surface area contributed by atoms with Gasteiger partial charge in [-0.1, -0.05) is 6.42 Å². The van der Waals surface area contributed by atoms with Crippen molar-refractivity contribution in [3.05, 3.63) is 0 Å². The van der Waals surface area contributed by atoms with E-state index in [4.69, 9.17) is 5.11 Å². The number of carboxylic acid groups (broad SMARTS) is 1. The van der Waals surface area contributed by atoms with E-state index < -0.39 is 5.97 Å². The van der Waals surface area contributed by atoms with E-state index in [9.17, 15) is 4.79 Å². The monoisotopic (exact) mass is 212 g/mol. The van der Waals surface area contributed by atoms with Crippen molar-refractivity contribution in [2.75, 3.05) is 33.2 Å². The van der Waals surface area contributed by atoms with Gasteiger partial charge < -0.3 is 5.11 Å². The summed E-state index contributed by atoms with van der Waals surface area (Å²) in [7, 11) is 1.90. The maximum Gasteiger partial charge on any atom is 0.322 e. The molecule has 0 amide bonds. The summed E-state index contributed by atoms with van der Waals surface area (Å²) in [4.78, 5) is 15.3. The van der Waals surface area contributed by atoms with E-state index >= 15 is 0 Å². The quantitative estimate of drug-likeness (QED) is 0.739. The van der Waals surface area contributed by atoms with Gasteiger partial charge in [-0.2, -0.15) is 0 Å². The number of carbonyl (C=O) groups is 1. The molecule has 1 aliphatic carbocycles. The highest BCUT2D eigenvalue weighted by molar-refractivity contribution is 5.73. The van der Waals surface area contributed by atoms with Crippen LogP contribution in [-0.2, 0) is 4.79 Å². The number of carboxylic acids is 1. The molecule has 1 aliphatic heterocycles.